The van der Waals surface area contributed by atoms with Crippen LogP contribution in [0.15, 0.2) is 24.3 Å². The summed E-state index contributed by atoms with van der Waals surface area (Å²) < 4.78 is 20.3. The number of aromatic nitrogens is 2. The number of carbonyl (C=O) groups is 1. The van der Waals surface area contributed by atoms with E-state index in [0.717, 1.165) is 38.8 Å². The quantitative estimate of drug-likeness (QED) is 0.551. The number of benzene rings is 2. The first-order valence-electron chi connectivity index (χ1n) is 12.2. The van der Waals surface area contributed by atoms with Crippen molar-refractivity contribution in [2.45, 2.75) is 45.6 Å². The maximum Gasteiger partial charge on any atom is 0.318 e. The Kier molecular flexibility index (Phi) is 6.42. The monoisotopic (exact) mass is 480 g/mol. The molecule has 3 heterocycles. The Morgan fingerprint density at radius 3 is 2.60 bits per heavy atom. The normalized spacial score (nSPS) is 16.0. The lowest BCUT2D eigenvalue weighted by molar-refractivity contribution is 0.0997. The van der Waals surface area contributed by atoms with Crippen LogP contribution in [0.5, 0.6) is 11.8 Å². The Hall–Kier alpha value is -3.46. The lowest BCUT2D eigenvalue weighted by atomic mass is 9.99. The molecule has 0 radical (unpaired) electrons. The van der Waals surface area contributed by atoms with E-state index in [0.29, 0.717) is 45.5 Å². The van der Waals surface area contributed by atoms with Gasteiger partial charge in [-0.1, -0.05) is 25.8 Å². The van der Waals surface area contributed by atoms with Gasteiger partial charge in [0.15, 0.2) is 0 Å². The van der Waals surface area contributed by atoms with Crippen LogP contribution in [0.3, 0.4) is 0 Å². The molecule has 0 atom stereocenters. The Labute approximate surface area is 203 Å². The molecule has 2 aliphatic rings. The van der Waals surface area contributed by atoms with Gasteiger partial charge in [0.2, 0.25) is 0 Å². The average Bonchev–Trinajstić information content (AvgIpc) is 3.01. The molecular weight excluding hydrogens is 451 g/mol. The molecule has 0 aliphatic carbocycles. The molecule has 5 rings (SSSR count). The zero-order valence-electron chi connectivity index (χ0n) is 19.8. The number of aliphatic hydroxyl groups is 1. The van der Waals surface area contributed by atoms with Crippen LogP contribution < -0.4 is 14.5 Å². The van der Waals surface area contributed by atoms with E-state index >= 15 is 0 Å². The number of hydrogen-bond donors (Lipinski definition) is 2. The average molecular weight is 481 g/mol. The third kappa shape index (κ3) is 4.25. The molecule has 1 aromatic heterocycles. The van der Waals surface area contributed by atoms with Crippen LogP contribution in [-0.4, -0.2) is 52.4 Å². The summed E-state index contributed by atoms with van der Waals surface area (Å²) >= 11 is 0. The van der Waals surface area contributed by atoms with Gasteiger partial charge >= 0.3 is 6.01 Å². The molecule has 1 fully saturated rings. The Morgan fingerprint density at radius 2 is 1.89 bits per heavy atom. The number of fused-ring (bicyclic) bond motifs is 2. The van der Waals surface area contributed by atoms with E-state index < -0.39 is 0 Å². The number of amides is 1. The minimum Gasteiger partial charge on any atom is -0.508 e. The van der Waals surface area contributed by atoms with Crippen LogP contribution in [-0.2, 0) is 13.0 Å². The van der Waals surface area contributed by atoms with Crippen molar-refractivity contribution in [2.24, 2.45) is 0 Å². The van der Waals surface area contributed by atoms with Gasteiger partial charge in [-0.25, -0.2) is 4.39 Å². The van der Waals surface area contributed by atoms with Gasteiger partial charge in [0, 0.05) is 24.5 Å². The fourth-order valence-corrected chi connectivity index (χ4v) is 5.10. The number of aryl methyl sites for hydroxylation is 1. The molecule has 0 unspecified atom stereocenters. The highest BCUT2D eigenvalue weighted by Gasteiger charge is 2.37. The van der Waals surface area contributed by atoms with Gasteiger partial charge in [0.1, 0.15) is 29.6 Å². The molecule has 9 heteroatoms. The van der Waals surface area contributed by atoms with E-state index in [4.69, 9.17) is 4.74 Å². The fourth-order valence-electron chi connectivity index (χ4n) is 5.10. The van der Waals surface area contributed by atoms with Crippen molar-refractivity contribution in [1.82, 2.24) is 9.97 Å². The maximum atomic E-state index is 14.7. The lowest BCUT2D eigenvalue weighted by Gasteiger charge is -2.24. The Balaban J connectivity index is 1.64. The van der Waals surface area contributed by atoms with Gasteiger partial charge in [0.25, 0.3) is 5.91 Å². The predicted molar refractivity (Wildman–Crippen MR) is 131 cm³/mol. The highest BCUT2D eigenvalue weighted by Crippen LogP contribution is 2.41. The van der Waals surface area contributed by atoms with Gasteiger partial charge in [-0.15, -0.1) is 0 Å². The molecule has 3 aromatic rings. The van der Waals surface area contributed by atoms with E-state index in [9.17, 15) is 19.4 Å². The number of hydrogen-bond acceptors (Lipinski definition) is 7. The zero-order chi connectivity index (χ0) is 24.5. The number of nitrogens with zero attached hydrogens (tertiary/aromatic N) is 4. The van der Waals surface area contributed by atoms with E-state index in [2.05, 4.69) is 14.9 Å². The summed E-state index contributed by atoms with van der Waals surface area (Å²) in [4.78, 5) is 26.6. The first-order chi connectivity index (χ1) is 17.0. The molecular formula is C26H29FN4O4. The van der Waals surface area contributed by atoms with Crippen LogP contribution in [0.2, 0.25) is 0 Å². The molecule has 0 spiro atoms. The number of phenols is 1. The number of ether oxygens (including phenoxy) is 1. The van der Waals surface area contributed by atoms with Crippen LogP contribution in [0.25, 0.3) is 10.8 Å². The molecule has 2 aliphatic heterocycles. The van der Waals surface area contributed by atoms with Crippen LogP contribution >= 0.6 is 0 Å². The fraction of sp³-hybridized carbons (Fsp3) is 0.423. The van der Waals surface area contributed by atoms with E-state index in [1.54, 1.807) is 12.1 Å². The molecule has 184 valence electrons. The second kappa shape index (κ2) is 9.65. The largest absolute Gasteiger partial charge is 0.508 e. The van der Waals surface area contributed by atoms with Gasteiger partial charge in [-0.3, -0.25) is 4.79 Å². The molecule has 8 nitrogen and oxygen atoms in total. The minimum atomic E-state index is -0.346. The van der Waals surface area contributed by atoms with Gasteiger partial charge < -0.3 is 24.7 Å². The molecule has 2 aromatic carbocycles. The van der Waals surface area contributed by atoms with Crippen molar-refractivity contribution in [1.29, 1.82) is 0 Å². The number of phenolic OH excluding ortho intramolecular Hbond substituents is 1. The van der Waals surface area contributed by atoms with E-state index in [-0.39, 0.29) is 43.2 Å². The van der Waals surface area contributed by atoms with Crippen LogP contribution in [0.1, 0.15) is 54.2 Å². The summed E-state index contributed by atoms with van der Waals surface area (Å²) in [6.07, 6.45) is 4.68. The first kappa shape index (κ1) is 23.3. The van der Waals surface area contributed by atoms with E-state index in [1.807, 2.05) is 6.92 Å². The summed E-state index contributed by atoms with van der Waals surface area (Å²) in [6, 6.07) is 6.21. The molecule has 1 saturated heterocycles. The van der Waals surface area contributed by atoms with Crippen LogP contribution in [0.4, 0.5) is 15.9 Å². The van der Waals surface area contributed by atoms with Gasteiger partial charge in [-0.2, -0.15) is 9.97 Å². The zero-order valence-corrected chi connectivity index (χ0v) is 19.8. The van der Waals surface area contributed by atoms with Crippen molar-refractivity contribution in [3.05, 3.63) is 46.9 Å². The summed E-state index contributed by atoms with van der Waals surface area (Å²) in [7, 11) is 0. The van der Waals surface area contributed by atoms with E-state index in [1.165, 1.54) is 17.0 Å². The number of rotatable bonds is 6. The predicted octanol–water partition coefficient (Wildman–Crippen LogP) is 3.95. The highest BCUT2D eigenvalue weighted by molar-refractivity contribution is 6.16. The second-order valence-corrected chi connectivity index (χ2v) is 8.96. The summed E-state index contributed by atoms with van der Waals surface area (Å²) in [5.74, 6) is -0.105. The number of halogens is 1. The number of aliphatic hydroxyl groups excluding tert-OH is 1. The molecule has 2 N–H and O–H groups in total. The van der Waals surface area contributed by atoms with Crippen molar-refractivity contribution >= 4 is 28.2 Å². The summed E-state index contributed by atoms with van der Waals surface area (Å²) in [5, 5.41) is 20.9. The maximum absolute atomic E-state index is 14.7. The highest BCUT2D eigenvalue weighted by atomic mass is 19.1. The topological polar surface area (TPSA) is 99.0 Å². The van der Waals surface area contributed by atoms with Crippen molar-refractivity contribution < 1.29 is 24.1 Å². The lowest BCUT2D eigenvalue weighted by Crippen LogP contribution is -2.29. The third-order valence-corrected chi connectivity index (χ3v) is 6.72. The number of carbonyl (C=O) groups excluding carboxylic acids is 1. The molecule has 35 heavy (non-hydrogen) atoms. The first-order valence-corrected chi connectivity index (χ1v) is 12.2. The van der Waals surface area contributed by atoms with Crippen molar-refractivity contribution in [3.8, 4) is 11.8 Å². The molecule has 0 bridgehead atoms. The smallest absolute Gasteiger partial charge is 0.318 e. The van der Waals surface area contributed by atoms with Crippen LogP contribution in [0, 0.1) is 5.82 Å². The second-order valence-electron chi connectivity index (χ2n) is 8.96. The number of aromatic hydroxyl groups is 1. The van der Waals surface area contributed by atoms with Crippen molar-refractivity contribution in [3.63, 3.8) is 0 Å². The minimum absolute atomic E-state index is 0.00397. The SMILES string of the molecule is CCc1c(F)ccc2cc(O)cc(N3Cc4nc(OCCO)nc(N5CCCCCC5)c4C3=O)c12. The molecule has 0 saturated carbocycles. The van der Waals surface area contributed by atoms with Crippen molar-refractivity contribution in [2.75, 3.05) is 36.1 Å². The van der Waals surface area contributed by atoms with Gasteiger partial charge in [0.05, 0.1) is 24.5 Å². The number of anilines is 2. The van der Waals surface area contributed by atoms with Gasteiger partial charge in [-0.05, 0) is 42.3 Å². The molecule has 1 amide bonds. The summed E-state index contributed by atoms with van der Waals surface area (Å²) in [5.41, 5.74) is 1.86. The standard InChI is InChI=1S/C26H29FN4O4/c1-2-18-19(27)8-7-16-13-17(33)14-21(22(16)18)31-15-20-23(25(31)34)24(29-26(28-20)35-12-11-32)30-9-5-3-4-6-10-30/h7-8,13-14,32-33H,2-6,9-12,15H2,1H3. The Bertz CT molecular complexity index is 1270. The Morgan fingerprint density at radius 1 is 1.11 bits per heavy atom. The summed E-state index contributed by atoms with van der Waals surface area (Å²) in [6.45, 7) is 3.43. The third-order valence-electron chi connectivity index (χ3n) is 6.72.